The van der Waals surface area contributed by atoms with Crippen molar-refractivity contribution < 1.29 is 4.79 Å². The van der Waals surface area contributed by atoms with Gasteiger partial charge in [-0.15, -0.1) is 0 Å². The Kier molecular flexibility index (Phi) is 5.65. The predicted octanol–water partition coefficient (Wildman–Crippen LogP) is 2.14. The van der Waals surface area contributed by atoms with Crippen LogP contribution in [-0.2, 0) is 4.79 Å². The Labute approximate surface area is 109 Å². The second kappa shape index (κ2) is 7.01. The fourth-order valence-corrected chi connectivity index (χ4v) is 1.88. The molecule has 1 atom stereocenters. The zero-order valence-electron chi connectivity index (χ0n) is 11.2. The molecule has 0 aliphatic rings. The van der Waals surface area contributed by atoms with Crippen LogP contribution < -0.4 is 16.4 Å². The van der Waals surface area contributed by atoms with Crippen LogP contribution in [0.4, 0.5) is 11.4 Å². The zero-order valence-corrected chi connectivity index (χ0v) is 11.2. The van der Waals surface area contributed by atoms with Crippen LogP contribution in [0.15, 0.2) is 24.3 Å². The van der Waals surface area contributed by atoms with Crippen molar-refractivity contribution in [2.75, 3.05) is 17.2 Å². The van der Waals surface area contributed by atoms with Gasteiger partial charge in [-0.3, -0.25) is 4.79 Å². The Hall–Kier alpha value is -1.55. The number of carbonyl (C=O) groups is 1. The van der Waals surface area contributed by atoms with Crippen molar-refractivity contribution in [3.05, 3.63) is 24.3 Å². The first-order valence-corrected chi connectivity index (χ1v) is 6.52. The van der Waals surface area contributed by atoms with Crippen LogP contribution in [0, 0.1) is 0 Å². The topological polar surface area (TPSA) is 72.4 Å². The molecule has 0 bridgehead atoms. The van der Waals surface area contributed by atoms with E-state index in [4.69, 9.17) is 11.5 Å². The van der Waals surface area contributed by atoms with E-state index in [2.05, 4.69) is 0 Å². The Bertz CT molecular complexity index is 375. The summed E-state index contributed by atoms with van der Waals surface area (Å²) in [6.07, 6.45) is 2.53. The van der Waals surface area contributed by atoms with Crippen LogP contribution in [-0.4, -0.2) is 18.5 Å². The molecule has 1 amide bonds. The van der Waals surface area contributed by atoms with E-state index >= 15 is 0 Å². The number of nitrogens with zero attached hydrogens (tertiary/aromatic N) is 1. The highest BCUT2D eigenvalue weighted by Gasteiger charge is 2.20. The van der Waals surface area contributed by atoms with Gasteiger partial charge in [0.15, 0.2) is 0 Å². The molecule has 4 heteroatoms. The molecule has 0 saturated heterocycles. The molecular weight excluding hydrogens is 226 g/mol. The SMILES string of the molecule is CCCC(N)C(=O)N(CCC)c1ccc(N)cc1. The summed E-state index contributed by atoms with van der Waals surface area (Å²) in [6, 6.07) is 6.91. The van der Waals surface area contributed by atoms with Crippen LogP contribution in [0.2, 0.25) is 0 Å². The van der Waals surface area contributed by atoms with Gasteiger partial charge in [0.05, 0.1) is 6.04 Å². The maximum absolute atomic E-state index is 12.3. The third-order valence-corrected chi connectivity index (χ3v) is 2.83. The van der Waals surface area contributed by atoms with Gasteiger partial charge >= 0.3 is 0 Å². The summed E-state index contributed by atoms with van der Waals surface area (Å²) in [5.41, 5.74) is 13.1. The van der Waals surface area contributed by atoms with Gasteiger partial charge in [-0.2, -0.15) is 0 Å². The number of carbonyl (C=O) groups excluding carboxylic acids is 1. The van der Waals surface area contributed by atoms with Crippen molar-refractivity contribution in [1.82, 2.24) is 0 Å². The second-order valence-electron chi connectivity index (χ2n) is 4.48. The van der Waals surface area contributed by atoms with Crippen LogP contribution in [0.3, 0.4) is 0 Å². The van der Waals surface area contributed by atoms with Crippen LogP contribution in [0.25, 0.3) is 0 Å². The third-order valence-electron chi connectivity index (χ3n) is 2.83. The Balaban J connectivity index is 2.87. The number of hydrogen-bond donors (Lipinski definition) is 2. The summed E-state index contributed by atoms with van der Waals surface area (Å²) < 4.78 is 0. The average Bonchev–Trinajstić information content (AvgIpc) is 2.37. The first-order chi connectivity index (χ1) is 8.60. The van der Waals surface area contributed by atoms with E-state index in [-0.39, 0.29) is 5.91 Å². The van der Waals surface area contributed by atoms with E-state index in [1.165, 1.54) is 0 Å². The number of amides is 1. The summed E-state index contributed by atoms with van der Waals surface area (Å²) in [5.74, 6) is -0.0107. The number of benzene rings is 1. The van der Waals surface area contributed by atoms with Gasteiger partial charge in [0, 0.05) is 17.9 Å². The molecule has 4 nitrogen and oxygen atoms in total. The number of nitrogens with two attached hydrogens (primary N) is 2. The van der Waals surface area contributed by atoms with Gasteiger partial charge in [0.25, 0.3) is 0 Å². The average molecular weight is 249 g/mol. The van der Waals surface area contributed by atoms with Gasteiger partial charge in [-0.05, 0) is 37.1 Å². The first kappa shape index (κ1) is 14.5. The van der Waals surface area contributed by atoms with Gasteiger partial charge in [-0.1, -0.05) is 20.3 Å². The third kappa shape index (κ3) is 3.74. The molecule has 1 rings (SSSR count). The fraction of sp³-hybridized carbons (Fsp3) is 0.500. The highest BCUT2D eigenvalue weighted by atomic mass is 16.2. The molecule has 0 fully saturated rings. The standard InChI is InChI=1S/C14H23N3O/c1-3-5-13(16)14(18)17(10-4-2)12-8-6-11(15)7-9-12/h6-9,13H,3-5,10,15-16H2,1-2H3. The van der Waals surface area contributed by atoms with E-state index in [1.54, 1.807) is 17.0 Å². The monoisotopic (exact) mass is 249 g/mol. The number of anilines is 2. The van der Waals surface area contributed by atoms with Crippen molar-refractivity contribution in [1.29, 1.82) is 0 Å². The summed E-state index contributed by atoms with van der Waals surface area (Å²) in [6.45, 7) is 4.75. The second-order valence-corrected chi connectivity index (χ2v) is 4.48. The lowest BCUT2D eigenvalue weighted by molar-refractivity contribution is -0.120. The lowest BCUT2D eigenvalue weighted by Gasteiger charge is -2.25. The molecule has 0 heterocycles. The normalized spacial score (nSPS) is 12.2. The first-order valence-electron chi connectivity index (χ1n) is 6.52. The van der Waals surface area contributed by atoms with Crippen molar-refractivity contribution in [3.63, 3.8) is 0 Å². The molecule has 1 unspecified atom stereocenters. The molecule has 4 N–H and O–H groups in total. The van der Waals surface area contributed by atoms with E-state index in [9.17, 15) is 4.79 Å². The minimum Gasteiger partial charge on any atom is -0.399 e. The van der Waals surface area contributed by atoms with Crippen molar-refractivity contribution >= 4 is 17.3 Å². The Morgan fingerprint density at radius 3 is 2.33 bits per heavy atom. The smallest absolute Gasteiger partial charge is 0.243 e. The number of hydrogen-bond acceptors (Lipinski definition) is 3. The van der Waals surface area contributed by atoms with E-state index in [0.29, 0.717) is 18.7 Å². The zero-order chi connectivity index (χ0) is 13.5. The highest BCUT2D eigenvalue weighted by Crippen LogP contribution is 2.18. The molecule has 18 heavy (non-hydrogen) atoms. The van der Waals surface area contributed by atoms with Gasteiger partial charge in [-0.25, -0.2) is 0 Å². The van der Waals surface area contributed by atoms with Crippen LogP contribution in [0.1, 0.15) is 33.1 Å². The maximum atomic E-state index is 12.3. The van der Waals surface area contributed by atoms with E-state index in [0.717, 1.165) is 18.5 Å². The largest absolute Gasteiger partial charge is 0.399 e. The van der Waals surface area contributed by atoms with Crippen molar-refractivity contribution in [2.45, 2.75) is 39.2 Å². The van der Waals surface area contributed by atoms with Crippen LogP contribution >= 0.6 is 0 Å². The lowest BCUT2D eigenvalue weighted by Crippen LogP contribution is -2.44. The van der Waals surface area contributed by atoms with Gasteiger partial charge in [0.1, 0.15) is 0 Å². The molecule has 0 aliphatic carbocycles. The lowest BCUT2D eigenvalue weighted by atomic mass is 10.1. The quantitative estimate of drug-likeness (QED) is 0.759. The maximum Gasteiger partial charge on any atom is 0.243 e. The molecule has 0 aliphatic heterocycles. The molecule has 0 saturated carbocycles. The Morgan fingerprint density at radius 2 is 1.83 bits per heavy atom. The minimum atomic E-state index is -0.417. The molecule has 0 aromatic heterocycles. The van der Waals surface area contributed by atoms with Crippen molar-refractivity contribution in [3.8, 4) is 0 Å². The van der Waals surface area contributed by atoms with E-state index < -0.39 is 6.04 Å². The summed E-state index contributed by atoms with van der Waals surface area (Å²) in [5, 5.41) is 0. The molecular formula is C14H23N3O. The van der Waals surface area contributed by atoms with Gasteiger partial charge < -0.3 is 16.4 Å². The van der Waals surface area contributed by atoms with E-state index in [1.807, 2.05) is 26.0 Å². The highest BCUT2D eigenvalue weighted by molar-refractivity contribution is 5.97. The molecule has 0 spiro atoms. The van der Waals surface area contributed by atoms with Crippen LogP contribution in [0.5, 0.6) is 0 Å². The number of nitrogen functional groups attached to an aromatic ring is 1. The predicted molar refractivity (Wildman–Crippen MR) is 76.4 cm³/mol. The molecule has 1 aromatic rings. The molecule has 1 aromatic carbocycles. The Morgan fingerprint density at radius 1 is 1.22 bits per heavy atom. The number of rotatable bonds is 6. The van der Waals surface area contributed by atoms with Gasteiger partial charge in [0.2, 0.25) is 5.91 Å². The summed E-state index contributed by atoms with van der Waals surface area (Å²) in [7, 11) is 0. The summed E-state index contributed by atoms with van der Waals surface area (Å²) in [4.78, 5) is 14.0. The summed E-state index contributed by atoms with van der Waals surface area (Å²) >= 11 is 0. The minimum absolute atomic E-state index is 0.0107. The fourth-order valence-electron chi connectivity index (χ4n) is 1.88. The van der Waals surface area contributed by atoms with Crippen molar-refractivity contribution in [2.24, 2.45) is 5.73 Å². The molecule has 0 radical (unpaired) electrons. The molecule has 100 valence electrons.